The minimum atomic E-state index is -0.461. The van der Waals surface area contributed by atoms with Crippen LogP contribution in [0.3, 0.4) is 0 Å². The summed E-state index contributed by atoms with van der Waals surface area (Å²) in [6.45, 7) is 3.99. The number of thioether (sulfide) groups is 1. The van der Waals surface area contributed by atoms with Gasteiger partial charge in [-0.05, 0) is 47.0 Å². The summed E-state index contributed by atoms with van der Waals surface area (Å²) in [6, 6.07) is 9.31. The molecule has 3 heterocycles. The molecule has 0 aliphatic carbocycles. The van der Waals surface area contributed by atoms with Crippen LogP contribution in [0.1, 0.15) is 10.4 Å². The van der Waals surface area contributed by atoms with Gasteiger partial charge in [0.05, 0.1) is 12.7 Å². The number of carbonyl (C=O) groups is 1. The summed E-state index contributed by atoms with van der Waals surface area (Å²) in [7, 11) is 1.54. The van der Waals surface area contributed by atoms with Crippen LogP contribution >= 0.6 is 23.1 Å². The first-order valence-corrected chi connectivity index (χ1v) is 10.7. The van der Waals surface area contributed by atoms with Crippen molar-refractivity contribution in [1.82, 2.24) is 5.01 Å². The predicted molar refractivity (Wildman–Crippen MR) is 122 cm³/mol. The summed E-state index contributed by atoms with van der Waals surface area (Å²) in [5.41, 5.74) is 0.862. The van der Waals surface area contributed by atoms with Crippen molar-refractivity contribution >= 4 is 51.1 Å². The zero-order valence-corrected chi connectivity index (χ0v) is 17.8. The van der Waals surface area contributed by atoms with Crippen molar-refractivity contribution in [2.24, 2.45) is 10.1 Å². The van der Waals surface area contributed by atoms with E-state index in [-0.39, 0.29) is 11.4 Å². The molecule has 0 spiro atoms. The van der Waals surface area contributed by atoms with E-state index in [1.807, 2.05) is 17.5 Å². The lowest BCUT2D eigenvalue weighted by atomic mass is 10.1. The third-order valence-electron chi connectivity index (χ3n) is 4.26. The van der Waals surface area contributed by atoms with Crippen LogP contribution < -0.4 is 9.47 Å². The molecule has 2 aliphatic heterocycles. The summed E-state index contributed by atoms with van der Waals surface area (Å²) in [5, 5.41) is 17.6. The first kappa shape index (κ1) is 20.1. The topological polar surface area (TPSA) is 87.3 Å². The molecule has 0 atom stereocenters. The van der Waals surface area contributed by atoms with E-state index in [1.165, 1.54) is 21.6 Å². The number of ether oxygens (including phenoxy) is 2. The van der Waals surface area contributed by atoms with Gasteiger partial charge in [0.1, 0.15) is 11.7 Å². The zero-order valence-electron chi connectivity index (χ0n) is 16.1. The van der Waals surface area contributed by atoms with Gasteiger partial charge in [-0.3, -0.25) is 10.2 Å². The summed E-state index contributed by atoms with van der Waals surface area (Å²) < 4.78 is 10.9. The molecule has 0 saturated carbocycles. The number of nitrogens with one attached hydrogen (secondary N) is 1. The minimum Gasteiger partial charge on any atom is -0.493 e. The molecule has 1 amide bonds. The Morgan fingerprint density at radius 1 is 1.30 bits per heavy atom. The number of benzene rings is 1. The first-order valence-electron chi connectivity index (χ1n) is 9.02. The molecule has 0 fully saturated rings. The second-order valence-electron chi connectivity index (χ2n) is 6.28. The van der Waals surface area contributed by atoms with Crippen molar-refractivity contribution in [2.75, 3.05) is 13.7 Å². The Bertz CT molecular complexity index is 1100. The summed E-state index contributed by atoms with van der Waals surface area (Å²) in [6.07, 6.45) is 3.91. The number of amides is 1. The van der Waals surface area contributed by atoms with Gasteiger partial charge >= 0.3 is 0 Å². The number of amidine groups is 2. The van der Waals surface area contributed by atoms with Gasteiger partial charge in [0.25, 0.3) is 5.91 Å². The molecule has 1 aromatic heterocycles. The molecular weight excluding hydrogens is 420 g/mol. The van der Waals surface area contributed by atoms with Crippen LogP contribution in [0.2, 0.25) is 0 Å². The number of fused-ring (bicyclic) bond motifs is 1. The lowest BCUT2D eigenvalue weighted by Gasteiger charge is -2.20. The SMILES string of the molecule is C=CCOc1ccc(/C=C2/C(=N)N3N=C(Cc4cccs4)SC3=NC2=O)cc1OC. The Kier molecular flexibility index (Phi) is 5.82. The average Bonchev–Trinajstić information content (AvgIpc) is 3.40. The maximum atomic E-state index is 12.6. The summed E-state index contributed by atoms with van der Waals surface area (Å²) in [4.78, 5) is 17.9. The van der Waals surface area contributed by atoms with E-state index in [9.17, 15) is 4.79 Å². The Morgan fingerprint density at radius 3 is 2.90 bits per heavy atom. The second kappa shape index (κ2) is 8.68. The second-order valence-corrected chi connectivity index (χ2v) is 8.35. The molecule has 0 radical (unpaired) electrons. The predicted octanol–water partition coefficient (Wildman–Crippen LogP) is 4.18. The first-order chi connectivity index (χ1) is 14.6. The average molecular weight is 439 g/mol. The lowest BCUT2D eigenvalue weighted by molar-refractivity contribution is -0.114. The molecule has 0 bridgehead atoms. The Morgan fingerprint density at radius 2 is 2.17 bits per heavy atom. The number of methoxy groups -OCH3 is 1. The van der Waals surface area contributed by atoms with Crippen LogP contribution in [0, 0.1) is 5.41 Å². The quantitative estimate of drug-likeness (QED) is 0.518. The fraction of sp³-hybridized carbons (Fsp3) is 0.143. The molecule has 30 heavy (non-hydrogen) atoms. The third kappa shape index (κ3) is 4.07. The fourth-order valence-corrected chi connectivity index (χ4v) is 4.58. The van der Waals surface area contributed by atoms with Crippen LogP contribution in [-0.4, -0.2) is 40.7 Å². The van der Waals surface area contributed by atoms with Crippen LogP contribution in [-0.2, 0) is 11.2 Å². The maximum Gasteiger partial charge on any atom is 0.283 e. The fourth-order valence-electron chi connectivity index (χ4n) is 2.87. The van der Waals surface area contributed by atoms with Crippen LogP contribution in [0.5, 0.6) is 11.5 Å². The van der Waals surface area contributed by atoms with E-state index >= 15 is 0 Å². The number of nitrogens with zero attached hydrogens (tertiary/aromatic N) is 3. The highest BCUT2D eigenvalue weighted by Crippen LogP contribution is 2.32. The van der Waals surface area contributed by atoms with Crippen molar-refractivity contribution in [3.8, 4) is 11.5 Å². The molecule has 2 aliphatic rings. The number of rotatable bonds is 7. The largest absolute Gasteiger partial charge is 0.493 e. The van der Waals surface area contributed by atoms with Crippen molar-refractivity contribution < 1.29 is 14.3 Å². The van der Waals surface area contributed by atoms with Gasteiger partial charge in [0.15, 0.2) is 17.3 Å². The van der Waals surface area contributed by atoms with Gasteiger partial charge in [-0.25, -0.2) is 0 Å². The number of hydrogen-bond donors (Lipinski definition) is 1. The van der Waals surface area contributed by atoms with Crippen LogP contribution in [0.25, 0.3) is 6.08 Å². The van der Waals surface area contributed by atoms with Gasteiger partial charge < -0.3 is 9.47 Å². The number of carbonyl (C=O) groups excluding carboxylic acids is 1. The van der Waals surface area contributed by atoms with Crippen LogP contribution in [0.15, 0.2) is 64.0 Å². The van der Waals surface area contributed by atoms with Crippen molar-refractivity contribution in [1.29, 1.82) is 5.41 Å². The summed E-state index contributed by atoms with van der Waals surface area (Å²) in [5.74, 6) is 0.642. The van der Waals surface area contributed by atoms with E-state index in [2.05, 4.69) is 16.7 Å². The highest BCUT2D eigenvalue weighted by molar-refractivity contribution is 8.27. The molecule has 0 saturated heterocycles. The molecule has 9 heteroatoms. The molecule has 4 rings (SSSR count). The Balaban J connectivity index is 1.59. The van der Waals surface area contributed by atoms with Gasteiger partial charge in [-0.2, -0.15) is 15.1 Å². The minimum absolute atomic E-state index is 0.00429. The smallest absolute Gasteiger partial charge is 0.283 e. The molecule has 7 nitrogen and oxygen atoms in total. The van der Waals surface area contributed by atoms with Crippen molar-refractivity contribution in [3.05, 3.63) is 64.4 Å². The number of aliphatic imine (C=N–C) groups is 1. The van der Waals surface area contributed by atoms with E-state index < -0.39 is 5.91 Å². The lowest BCUT2D eigenvalue weighted by Crippen LogP contribution is -2.35. The van der Waals surface area contributed by atoms with E-state index in [1.54, 1.807) is 48.8 Å². The third-order valence-corrected chi connectivity index (χ3v) is 6.04. The van der Waals surface area contributed by atoms with Crippen molar-refractivity contribution in [2.45, 2.75) is 6.42 Å². The van der Waals surface area contributed by atoms with Crippen molar-refractivity contribution in [3.63, 3.8) is 0 Å². The van der Waals surface area contributed by atoms with Gasteiger partial charge in [-0.1, -0.05) is 24.8 Å². The van der Waals surface area contributed by atoms with E-state index in [0.717, 1.165) is 5.04 Å². The number of thiophene rings is 1. The Labute approximate surface area is 181 Å². The maximum absolute atomic E-state index is 12.6. The standard InChI is InChI=1S/C21H18N4O3S2/c1-3-8-28-16-7-6-13(11-17(16)27-2)10-15-19(22)25-21(23-20(15)26)30-18(24-25)12-14-5-4-9-29-14/h3-7,9-11,22H,1,8,12H2,2H3/b15-10-,22-19?. The van der Waals surface area contributed by atoms with Crippen LogP contribution in [0.4, 0.5) is 0 Å². The molecular formula is C21H18N4O3S2. The molecule has 2 aromatic rings. The Hall–Kier alpha value is -3.17. The van der Waals surface area contributed by atoms with Gasteiger partial charge in [-0.15, -0.1) is 11.3 Å². The zero-order chi connectivity index (χ0) is 21.1. The van der Waals surface area contributed by atoms with E-state index in [4.69, 9.17) is 14.9 Å². The molecule has 152 valence electrons. The number of hydrazone groups is 1. The number of hydrogen-bond acceptors (Lipinski definition) is 7. The monoisotopic (exact) mass is 438 g/mol. The molecule has 1 aromatic carbocycles. The van der Waals surface area contributed by atoms with E-state index in [0.29, 0.717) is 35.3 Å². The van der Waals surface area contributed by atoms with Gasteiger partial charge in [0.2, 0.25) is 5.17 Å². The highest BCUT2D eigenvalue weighted by Gasteiger charge is 2.35. The highest BCUT2D eigenvalue weighted by atomic mass is 32.2. The summed E-state index contributed by atoms with van der Waals surface area (Å²) >= 11 is 2.97. The van der Waals surface area contributed by atoms with Gasteiger partial charge in [0, 0.05) is 11.3 Å². The molecule has 1 N–H and O–H groups in total. The molecule has 0 unspecified atom stereocenters. The normalized spacial score (nSPS) is 17.0.